The van der Waals surface area contributed by atoms with Gasteiger partial charge in [-0.15, -0.1) is 0 Å². The lowest BCUT2D eigenvalue weighted by molar-refractivity contribution is 0.232. The van der Waals surface area contributed by atoms with Crippen molar-refractivity contribution in [3.8, 4) is 0 Å². The van der Waals surface area contributed by atoms with Crippen molar-refractivity contribution in [2.75, 3.05) is 6.61 Å². The molecule has 1 rings (SSSR count). The van der Waals surface area contributed by atoms with E-state index in [0.717, 1.165) is 25.2 Å². The fraction of sp³-hybridized carbons (Fsp3) is 0.375. The normalized spacial score (nSPS) is 16.8. The number of ether oxygens (including phenoxy) is 1. The van der Waals surface area contributed by atoms with E-state index in [-0.39, 0.29) is 0 Å². The van der Waals surface area contributed by atoms with Crippen LogP contribution in [0.25, 0.3) is 0 Å². The summed E-state index contributed by atoms with van der Waals surface area (Å²) in [7, 11) is 0. The average Bonchev–Trinajstić information content (AvgIpc) is 1.91. The van der Waals surface area contributed by atoms with Crippen LogP contribution in [-0.4, -0.2) is 6.61 Å². The molecule has 0 fully saturated rings. The van der Waals surface area contributed by atoms with Gasteiger partial charge in [0.15, 0.2) is 0 Å². The summed E-state index contributed by atoms with van der Waals surface area (Å²) >= 11 is 0. The van der Waals surface area contributed by atoms with Gasteiger partial charge in [-0.25, -0.2) is 0 Å². The van der Waals surface area contributed by atoms with Crippen molar-refractivity contribution in [3.63, 3.8) is 0 Å². The molecule has 0 atom stereocenters. The zero-order valence-electron chi connectivity index (χ0n) is 5.47. The Morgan fingerprint density at radius 2 is 2.56 bits per heavy atom. The second-order valence-corrected chi connectivity index (χ2v) is 1.98. The lowest BCUT2D eigenvalue weighted by atomic mass is 10.2. The molecule has 0 N–H and O–H groups in total. The quantitative estimate of drug-likeness (QED) is 0.546. The minimum absolute atomic E-state index is 0.728. The molecular formula is C8H11O. The summed E-state index contributed by atoms with van der Waals surface area (Å²) in [6, 6.07) is 0. The zero-order chi connectivity index (χ0) is 6.53. The third-order valence-corrected chi connectivity index (χ3v) is 1.21. The molecule has 1 heteroatoms. The van der Waals surface area contributed by atoms with Crippen molar-refractivity contribution in [2.24, 2.45) is 0 Å². The Morgan fingerprint density at radius 3 is 3.11 bits per heavy atom. The maximum atomic E-state index is 5.25. The number of allylic oxidation sites excluding steroid dienone is 3. The standard InChI is InChI=1S/C8H11O/c1-2-5-8-6-3-4-7-9-8/h3-4,6H,1-2,5,7H2. The Labute approximate surface area is 56.0 Å². The molecule has 0 aliphatic carbocycles. The molecule has 0 spiro atoms. The molecule has 0 aromatic carbocycles. The van der Waals surface area contributed by atoms with E-state index < -0.39 is 0 Å². The molecule has 1 radical (unpaired) electrons. The maximum Gasteiger partial charge on any atom is 0.106 e. The highest BCUT2D eigenvalue weighted by molar-refractivity contribution is 5.11. The van der Waals surface area contributed by atoms with Gasteiger partial charge in [0.05, 0.1) is 5.76 Å². The second-order valence-electron chi connectivity index (χ2n) is 1.98. The van der Waals surface area contributed by atoms with Crippen LogP contribution in [0.2, 0.25) is 0 Å². The van der Waals surface area contributed by atoms with Crippen LogP contribution in [0.5, 0.6) is 0 Å². The van der Waals surface area contributed by atoms with Gasteiger partial charge in [-0.05, 0) is 18.6 Å². The molecule has 1 aliphatic rings. The van der Waals surface area contributed by atoms with Crippen molar-refractivity contribution < 1.29 is 4.74 Å². The number of hydrogen-bond donors (Lipinski definition) is 0. The molecule has 0 aromatic heterocycles. The predicted molar refractivity (Wildman–Crippen MR) is 37.8 cm³/mol. The van der Waals surface area contributed by atoms with Gasteiger partial charge in [-0.2, -0.15) is 0 Å². The summed E-state index contributed by atoms with van der Waals surface area (Å²) in [4.78, 5) is 0. The molecule has 1 aliphatic heterocycles. The van der Waals surface area contributed by atoms with Crippen LogP contribution in [0.3, 0.4) is 0 Å². The highest BCUT2D eigenvalue weighted by Crippen LogP contribution is 2.09. The average molecular weight is 123 g/mol. The van der Waals surface area contributed by atoms with E-state index in [1.165, 1.54) is 0 Å². The van der Waals surface area contributed by atoms with E-state index >= 15 is 0 Å². The number of hydrogen-bond acceptors (Lipinski definition) is 1. The predicted octanol–water partition coefficient (Wildman–Crippen LogP) is 2.07. The first kappa shape index (κ1) is 6.40. The third-order valence-electron chi connectivity index (χ3n) is 1.21. The van der Waals surface area contributed by atoms with Crippen LogP contribution in [0.15, 0.2) is 24.0 Å². The van der Waals surface area contributed by atoms with Crippen molar-refractivity contribution in [3.05, 3.63) is 30.9 Å². The van der Waals surface area contributed by atoms with Crippen LogP contribution in [0.4, 0.5) is 0 Å². The molecule has 0 saturated heterocycles. The van der Waals surface area contributed by atoms with Crippen molar-refractivity contribution >= 4 is 0 Å². The Kier molecular flexibility index (Phi) is 2.37. The summed E-state index contributed by atoms with van der Waals surface area (Å²) in [5, 5.41) is 0. The van der Waals surface area contributed by atoms with Crippen LogP contribution in [0, 0.1) is 6.92 Å². The molecule has 1 heterocycles. The van der Waals surface area contributed by atoms with Crippen LogP contribution in [0.1, 0.15) is 12.8 Å². The maximum absolute atomic E-state index is 5.25. The van der Waals surface area contributed by atoms with Gasteiger partial charge in [0.25, 0.3) is 0 Å². The minimum atomic E-state index is 0.728. The van der Waals surface area contributed by atoms with Gasteiger partial charge in [-0.1, -0.05) is 13.0 Å². The van der Waals surface area contributed by atoms with E-state index in [1.54, 1.807) is 0 Å². The topological polar surface area (TPSA) is 9.23 Å². The first-order chi connectivity index (χ1) is 4.43. The molecule has 0 unspecified atom stereocenters. The van der Waals surface area contributed by atoms with Crippen LogP contribution in [-0.2, 0) is 4.74 Å². The highest BCUT2D eigenvalue weighted by Gasteiger charge is 1.96. The summed E-state index contributed by atoms with van der Waals surface area (Å²) in [6.45, 7) is 4.46. The fourth-order valence-electron chi connectivity index (χ4n) is 0.764. The van der Waals surface area contributed by atoms with Gasteiger partial charge in [0.1, 0.15) is 6.61 Å². The SMILES string of the molecule is [CH2]CCC1=CC=CCO1. The molecular weight excluding hydrogens is 112 g/mol. The number of rotatable bonds is 2. The molecule has 0 saturated carbocycles. The first-order valence-corrected chi connectivity index (χ1v) is 3.21. The van der Waals surface area contributed by atoms with Gasteiger partial charge in [-0.3, -0.25) is 0 Å². The summed E-state index contributed by atoms with van der Waals surface area (Å²) in [5.74, 6) is 1.06. The van der Waals surface area contributed by atoms with E-state index in [4.69, 9.17) is 4.74 Å². The lowest BCUT2D eigenvalue weighted by Crippen LogP contribution is -1.95. The lowest BCUT2D eigenvalue weighted by Gasteiger charge is -2.08. The fourth-order valence-corrected chi connectivity index (χ4v) is 0.764. The van der Waals surface area contributed by atoms with Crippen LogP contribution < -0.4 is 0 Å². The third kappa shape index (κ3) is 1.92. The summed E-state index contributed by atoms with van der Waals surface area (Å²) < 4.78 is 5.25. The Hall–Kier alpha value is -0.720. The molecule has 49 valence electrons. The smallest absolute Gasteiger partial charge is 0.106 e. The molecule has 0 amide bonds. The van der Waals surface area contributed by atoms with Gasteiger partial charge in [0, 0.05) is 6.42 Å². The molecule has 0 aromatic rings. The second kappa shape index (κ2) is 3.33. The zero-order valence-corrected chi connectivity index (χ0v) is 5.47. The summed E-state index contributed by atoms with van der Waals surface area (Å²) in [5.41, 5.74) is 0. The first-order valence-electron chi connectivity index (χ1n) is 3.21. The highest BCUT2D eigenvalue weighted by atomic mass is 16.5. The van der Waals surface area contributed by atoms with Crippen molar-refractivity contribution in [2.45, 2.75) is 12.8 Å². The monoisotopic (exact) mass is 123 g/mol. The van der Waals surface area contributed by atoms with Gasteiger partial charge >= 0.3 is 0 Å². The minimum Gasteiger partial charge on any atom is -0.494 e. The summed E-state index contributed by atoms with van der Waals surface area (Å²) in [6.07, 6.45) is 7.89. The van der Waals surface area contributed by atoms with E-state index in [0.29, 0.717) is 0 Å². The van der Waals surface area contributed by atoms with E-state index in [9.17, 15) is 0 Å². The van der Waals surface area contributed by atoms with Gasteiger partial charge < -0.3 is 4.74 Å². The Balaban J connectivity index is 2.38. The van der Waals surface area contributed by atoms with Crippen molar-refractivity contribution in [1.82, 2.24) is 0 Å². The van der Waals surface area contributed by atoms with Gasteiger partial charge in [0.2, 0.25) is 0 Å². The van der Waals surface area contributed by atoms with Crippen molar-refractivity contribution in [1.29, 1.82) is 0 Å². The largest absolute Gasteiger partial charge is 0.494 e. The van der Waals surface area contributed by atoms with E-state index in [1.807, 2.05) is 18.2 Å². The molecule has 9 heavy (non-hydrogen) atoms. The Morgan fingerprint density at radius 1 is 1.67 bits per heavy atom. The van der Waals surface area contributed by atoms with E-state index in [2.05, 4.69) is 6.92 Å². The Bertz CT molecular complexity index is 134. The molecule has 1 nitrogen and oxygen atoms in total. The van der Waals surface area contributed by atoms with Crippen LogP contribution >= 0.6 is 0 Å². The molecule has 0 bridgehead atoms.